The van der Waals surface area contributed by atoms with Gasteiger partial charge in [0.2, 0.25) is 65.0 Å². The van der Waals surface area contributed by atoms with E-state index in [1.165, 1.54) is 19.4 Å². The first kappa shape index (κ1) is 64.5. The number of nitrogens with two attached hydrogens (primary N) is 4. The normalized spacial score (nSPS) is 20.6. The highest BCUT2D eigenvalue weighted by Crippen LogP contribution is 2.20. The first-order chi connectivity index (χ1) is 39.7. The molecule has 0 bridgehead atoms. The van der Waals surface area contributed by atoms with Crippen LogP contribution in [0.15, 0.2) is 78.3 Å². The van der Waals surface area contributed by atoms with Crippen LogP contribution in [0.3, 0.4) is 0 Å². The molecule has 5 rings (SSSR count). The van der Waals surface area contributed by atoms with Crippen LogP contribution in [0.1, 0.15) is 101 Å². The molecular formula is C55H77N17O11. The number of imidazole rings is 1. The van der Waals surface area contributed by atoms with Crippen molar-refractivity contribution in [3.63, 3.8) is 0 Å². The maximum atomic E-state index is 14.9. The predicted molar refractivity (Wildman–Crippen MR) is 304 cm³/mol. The average molecular weight is 1150 g/mol. The number of fused-ring (bicyclic) bond motifs is 1. The van der Waals surface area contributed by atoms with Gasteiger partial charge in [-0.2, -0.15) is 0 Å². The van der Waals surface area contributed by atoms with E-state index < -0.39 is 120 Å². The first-order valence-corrected chi connectivity index (χ1v) is 27.6. The fraction of sp³-hybridized carbons (Fsp3) is 0.473. The standard InChI is InChI=1S/C55H77N17O11/c1-3-4-16-38(65-31(2)73)48(77)72-44-27-46(75)61-22-11-10-18-39(49(78)66-37(47(57)76)20-21-45(56)74)67-52(81)42(25-33-28-63-36-17-9-8-15-35(33)36)70-50(79)40(19-12-23-62-55(58)59)68-51(80)41(24-32-13-6-5-7-14-32)69-53(82)43(71-54(44)83)26-34-29-60-30-64-34/h5-9,13-15,17,28-30,37-44,63H,3-4,10-12,16,18-27H2,1-2H3,(H2,56,74)(H2,57,76)(H,60,64)(H,61,75)(H,65,73)(H,66,78)(H,67,81)(H,68,80)(H,69,82)(H,70,79)(H,71,83)(H,72,77)(H4,58,59,62)/t37-,38-,39-,40-,41+,42-,43-,44-/m0/s1. The lowest BCUT2D eigenvalue weighted by molar-refractivity contribution is -0.136. The van der Waals surface area contributed by atoms with Crippen LogP contribution in [-0.2, 0) is 72.0 Å². The molecule has 0 aliphatic carbocycles. The van der Waals surface area contributed by atoms with E-state index in [9.17, 15) is 52.7 Å². The number of aliphatic imine (C=N–C) groups is 1. The van der Waals surface area contributed by atoms with E-state index in [4.69, 9.17) is 22.9 Å². The number of nitrogens with one attached hydrogen (secondary N) is 11. The molecule has 8 atom stereocenters. The number of H-pyrrole nitrogens is 2. The van der Waals surface area contributed by atoms with Crippen molar-refractivity contribution in [2.45, 2.75) is 152 Å². The number of aromatic nitrogens is 3. The Morgan fingerprint density at radius 2 is 1.36 bits per heavy atom. The summed E-state index contributed by atoms with van der Waals surface area (Å²) >= 11 is 0. The molecule has 83 heavy (non-hydrogen) atoms. The summed E-state index contributed by atoms with van der Waals surface area (Å²) in [5.74, 6) is -9.41. The summed E-state index contributed by atoms with van der Waals surface area (Å²) in [5.41, 5.74) is 24.4. The molecule has 448 valence electrons. The summed E-state index contributed by atoms with van der Waals surface area (Å²) in [7, 11) is 0. The van der Waals surface area contributed by atoms with E-state index in [2.05, 4.69) is 67.8 Å². The number of guanidine groups is 1. The minimum Gasteiger partial charge on any atom is -0.370 e. The fourth-order valence-corrected chi connectivity index (χ4v) is 9.22. The third-order valence-corrected chi connectivity index (χ3v) is 13.6. The van der Waals surface area contributed by atoms with E-state index in [0.29, 0.717) is 40.6 Å². The summed E-state index contributed by atoms with van der Waals surface area (Å²) in [6, 6.07) is 4.34. The average Bonchev–Trinajstić information content (AvgIpc) is 4.38. The zero-order valence-electron chi connectivity index (χ0n) is 46.6. The Labute approximate surface area is 479 Å². The van der Waals surface area contributed by atoms with E-state index in [-0.39, 0.29) is 89.7 Å². The quantitative estimate of drug-likeness (QED) is 0.0220. The van der Waals surface area contributed by atoms with Gasteiger partial charge in [0.15, 0.2) is 5.96 Å². The minimum absolute atomic E-state index is 0.0120. The van der Waals surface area contributed by atoms with Gasteiger partial charge in [-0.25, -0.2) is 4.98 Å². The van der Waals surface area contributed by atoms with Crippen LogP contribution in [0.2, 0.25) is 0 Å². The minimum atomic E-state index is -1.64. The zero-order chi connectivity index (χ0) is 60.4. The number of rotatable bonds is 22. The Kier molecular flexibility index (Phi) is 25.5. The van der Waals surface area contributed by atoms with Crippen molar-refractivity contribution < 1.29 is 52.7 Å². The van der Waals surface area contributed by atoms with Gasteiger partial charge < -0.3 is 80.8 Å². The number of carbonyl (C=O) groups is 11. The molecule has 4 aromatic rings. The van der Waals surface area contributed by atoms with E-state index >= 15 is 0 Å². The van der Waals surface area contributed by atoms with Crippen molar-refractivity contribution >= 4 is 81.8 Å². The first-order valence-electron chi connectivity index (χ1n) is 27.6. The monoisotopic (exact) mass is 1150 g/mol. The number of aromatic amines is 2. The Bertz CT molecular complexity index is 2910. The number of primary amides is 2. The van der Waals surface area contributed by atoms with Gasteiger partial charge in [-0.05, 0) is 62.1 Å². The SMILES string of the molecule is CCCC[C@H](NC(C)=O)C(=O)N[C@H]1CC(=O)NCCCC[C@@H](C(=O)N[C@@H](CCC(N)=O)C(N)=O)NC(=O)[C@H](Cc2c[nH]c3ccccc23)NC(=O)[C@H](CCCN=C(N)N)NC(=O)[C@@H](Cc2ccccc2)NC(=O)[C@H](Cc2cnc[nH]2)NC1=O. The van der Waals surface area contributed by atoms with Gasteiger partial charge in [0, 0.05) is 74.7 Å². The molecule has 19 N–H and O–H groups in total. The van der Waals surface area contributed by atoms with Gasteiger partial charge in [-0.3, -0.25) is 57.7 Å². The Morgan fingerprint density at radius 3 is 2.02 bits per heavy atom. The highest BCUT2D eigenvalue weighted by atomic mass is 16.2. The number of benzene rings is 2. The van der Waals surface area contributed by atoms with Crippen molar-refractivity contribution in [3.05, 3.63) is 90.1 Å². The number of nitrogens with zero attached hydrogens (tertiary/aromatic N) is 2. The van der Waals surface area contributed by atoms with Crippen LogP contribution in [0.5, 0.6) is 0 Å². The number of unbranched alkanes of at least 4 members (excludes halogenated alkanes) is 1. The van der Waals surface area contributed by atoms with Crippen LogP contribution in [0.4, 0.5) is 0 Å². The molecule has 28 nitrogen and oxygen atoms in total. The summed E-state index contributed by atoms with van der Waals surface area (Å²) in [6.07, 6.45) is 4.13. The highest BCUT2D eigenvalue weighted by Gasteiger charge is 2.36. The molecule has 0 radical (unpaired) electrons. The summed E-state index contributed by atoms with van der Waals surface area (Å²) < 4.78 is 0. The summed E-state index contributed by atoms with van der Waals surface area (Å²) in [5, 5.41) is 24.7. The topological polar surface area (TPSA) is 457 Å². The lowest BCUT2D eigenvalue weighted by Crippen LogP contribution is -2.61. The lowest BCUT2D eigenvalue weighted by Gasteiger charge is -2.28. The van der Waals surface area contributed by atoms with Gasteiger partial charge in [-0.1, -0.05) is 68.3 Å². The molecule has 1 aliphatic rings. The molecule has 0 saturated carbocycles. The maximum absolute atomic E-state index is 14.9. The van der Waals surface area contributed by atoms with Crippen molar-refractivity contribution in [1.29, 1.82) is 0 Å². The van der Waals surface area contributed by atoms with E-state index in [1.807, 2.05) is 13.0 Å². The van der Waals surface area contributed by atoms with Crippen LogP contribution >= 0.6 is 0 Å². The van der Waals surface area contributed by atoms with Gasteiger partial charge in [0.25, 0.3) is 0 Å². The van der Waals surface area contributed by atoms with Gasteiger partial charge in [-0.15, -0.1) is 0 Å². The van der Waals surface area contributed by atoms with Crippen molar-refractivity contribution in [3.8, 4) is 0 Å². The maximum Gasteiger partial charge on any atom is 0.243 e. The van der Waals surface area contributed by atoms with E-state index in [0.717, 1.165) is 0 Å². The molecule has 11 amide bonds. The second-order valence-corrected chi connectivity index (χ2v) is 20.3. The number of para-hydroxylation sites is 1. The molecule has 2 aromatic carbocycles. The second kappa shape index (κ2) is 32.8. The molecule has 1 saturated heterocycles. The summed E-state index contributed by atoms with van der Waals surface area (Å²) in [4.78, 5) is 166. The largest absolute Gasteiger partial charge is 0.370 e. The number of amides is 11. The molecule has 0 unspecified atom stereocenters. The lowest BCUT2D eigenvalue weighted by atomic mass is 10.0. The molecule has 1 aliphatic heterocycles. The highest BCUT2D eigenvalue weighted by molar-refractivity contribution is 5.99. The molecule has 1 fully saturated rings. The predicted octanol–water partition coefficient (Wildman–Crippen LogP) is -2.50. The van der Waals surface area contributed by atoms with Crippen LogP contribution in [0.25, 0.3) is 10.9 Å². The molecular weight excluding hydrogens is 1070 g/mol. The molecule has 28 heteroatoms. The van der Waals surface area contributed by atoms with Crippen molar-refractivity contribution in [1.82, 2.24) is 62.8 Å². The third-order valence-electron chi connectivity index (χ3n) is 13.6. The summed E-state index contributed by atoms with van der Waals surface area (Å²) in [6.45, 7) is 3.06. The molecule has 2 aromatic heterocycles. The fourth-order valence-electron chi connectivity index (χ4n) is 9.22. The smallest absolute Gasteiger partial charge is 0.243 e. The number of hydrogen-bond acceptors (Lipinski definition) is 13. The Balaban J connectivity index is 1.61. The van der Waals surface area contributed by atoms with Crippen LogP contribution in [0, 0.1) is 0 Å². The van der Waals surface area contributed by atoms with Gasteiger partial charge >= 0.3 is 0 Å². The van der Waals surface area contributed by atoms with Crippen LogP contribution in [-0.4, -0.2) is 147 Å². The van der Waals surface area contributed by atoms with Crippen molar-refractivity contribution in [2.24, 2.45) is 27.9 Å². The number of carbonyl (C=O) groups excluding carboxylic acids is 11. The van der Waals surface area contributed by atoms with Gasteiger partial charge in [0.1, 0.15) is 48.3 Å². The zero-order valence-corrected chi connectivity index (χ0v) is 46.6. The molecule has 3 heterocycles. The van der Waals surface area contributed by atoms with Crippen molar-refractivity contribution in [2.75, 3.05) is 13.1 Å². The second-order valence-electron chi connectivity index (χ2n) is 20.3. The molecule has 0 spiro atoms. The number of hydrogen-bond donors (Lipinski definition) is 15. The third kappa shape index (κ3) is 21.6. The Morgan fingerprint density at radius 1 is 0.711 bits per heavy atom. The van der Waals surface area contributed by atoms with E-state index in [1.54, 1.807) is 54.7 Å². The Hall–Kier alpha value is -9.37. The van der Waals surface area contributed by atoms with Crippen LogP contribution < -0.4 is 70.8 Å². The van der Waals surface area contributed by atoms with Gasteiger partial charge in [0.05, 0.1) is 12.7 Å².